The Kier molecular flexibility index (Phi) is 5.74. The molecule has 0 unspecified atom stereocenters. The number of benzene rings is 2. The highest BCUT2D eigenvalue weighted by Crippen LogP contribution is 2.29. The van der Waals surface area contributed by atoms with E-state index >= 15 is 0 Å². The summed E-state index contributed by atoms with van der Waals surface area (Å²) in [5.74, 6) is -0.0754. The van der Waals surface area contributed by atoms with E-state index in [-0.39, 0.29) is 10.8 Å². The second-order valence-electron chi connectivity index (χ2n) is 8.04. The molecule has 0 aromatic heterocycles. The van der Waals surface area contributed by atoms with Gasteiger partial charge in [-0.05, 0) is 68.5 Å². The molecule has 0 spiro atoms. The average molecular weight is 413 g/mol. The predicted octanol–water partition coefficient (Wildman–Crippen LogP) is 4.15. The number of aryl methyl sites for hydroxylation is 2. The van der Waals surface area contributed by atoms with Gasteiger partial charge in [0.2, 0.25) is 10.0 Å². The smallest absolute Gasteiger partial charge is 0.258 e. The summed E-state index contributed by atoms with van der Waals surface area (Å²) < 4.78 is 27.5. The van der Waals surface area contributed by atoms with E-state index in [2.05, 4.69) is 13.0 Å². The predicted molar refractivity (Wildman–Crippen MR) is 115 cm³/mol. The first-order chi connectivity index (χ1) is 14.0. The minimum atomic E-state index is -3.50. The summed E-state index contributed by atoms with van der Waals surface area (Å²) in [6.45, 7) is 3.90. The Balaban J connectivity index is 1.56. The van der Waals surface area contributed by atoms with Crippen molar-refractivity contribution in [3.8, 4) is 0 Å². The molecule has 0 radical (unpaired) electrons. The second kappa shape index (κ2) is 8.28. The van der Waals surface area contributed by atoms with E-state index in [1.807, 2.05) is 17.0 Å². The normalized spacial score (nSPS) is 18.2. The van der Waals surface area contributed by atoms with Crippen molar-refractivity contribution in [1.82, 2.24) is 4.31 Å². The fourth-order valence-corrected chi connectivity index (χ4v) is 5.81. The Hall–Kier alpha value is -2.18. The van der Waals surface area contributed by atoms with Crippen molar-refractivity contribution in [1.29, 1.82) is 0 Å². The van der Waals surface area contributed by atoms with Crippen LogP contribution in [0.4, 0.5) is 5.69 Å². The van der Waals surface area contributed by atoms with Crippen LogP contribution in [0.25, 0.3) is 0 Å². The molecular formula is C23H28N2O3S. The van der Waals surface area contributed by atoms with E-state index in [0.29, 0.717) is 25.2 Å². The van der Waals surface area contributed by atoms with E-state index in [0.717, 1.165) is 44.2 Å². The topological polar surface area (TPSA) is 57.7 Å². The van der Waals surface area contributed by atoms with Gasteiger partial charge in [0.1, 0.15) is 0 Å². The van der Waals surface area contributed by atoms with Gasteiger partial charge in [0, 0.05) is 30.9 Å². The molecule has 0 aliphatic carbocycles. The Morgan fingerprint density at radius 1 is 0.862 bits per heavy atom. The highest BCUT2D eigenvalue weighted by Gasteiger charge is 2.27. The van der Waals surface area contributed by atoms with Gasteiger partial charge in [-0.2, -0.15) is 4.31 Å². The summed E-state index contributed by atoms with van der Waals surface area (Å²) in [7, 11) is -3.50. The summed E-state index contributed by atoms with van der Waals surface area (Å²) in [5.41, 5.74) is 3.88. The number of carbonyl (C=O) groups excluding carboxylic acids is 1. The number of amides is 1. The molecule has 2 aromatic rings. The van der Waals surface area contributed by atoms with Gasteiger partial charge in [0.05, 0.1) is 4.90 Å². The Morgan fingerprint density at radius 2 is 1.55 bits per heavy atom. The van der Waals surface area contributed by atoms with E-state index in [4.69, 9.17) is 0 Å². The maximum atomic E-state index is 13.1. The molecule has 29 heavy (non-hydrogen) atoms. The first kappa shape index (κ1) is 20.1. The molecule has 6 heteroatoms. The fraction of sp³-hybridized carbons (Fsp3) is 0.435. The Labute approximate surface area is 173 Å². The van der Waals surface area contributed by atoms with Crippen molar-refractivity contribution in [2.75, 3.05) is 24.5 Å². The summed E-state index contributed by atoms with van der Waals surface area (Å²) in [6.07, 6.45) is 5.89. The third-order valence-corrected chi connectivity index (χ3v) is 7.82. The van der Waals surface area contributed by atoms with Gasteiger partial charge in [-0.3, -0.25) is 4.79 Å². The summed E-state index contributed by atoms with van der Waals surface area (Å²) in [5, 5.41) is 0. The lowest BCUT2D eigenvalue weighted by Gasteiger charge is -2.30. The van der Waals surface area contributed by atoms with Crippen molar-refractivity contribution < 1.29 is 13.2 Å². The molecule has 0 atom stereocenters. The van der Waals surface area contributed by atoms with Gasteiger partial charge < -0.3 is 4.90 Å². The maximum Gasteiger partial charge on any atom is 0.258 e. The number of hydrogen-bond donors (Lipinski definition) is 0. The van der Waals surface area contributed by atoms with Gasteiger partial charge in [-0.1, -0.05) is 30.5 Å². The van der Waals surface area contributed by atoms with Crippen LogP contribution in [-0.2, 0) is 16.4 Å². The van der Waals surface area contributed by atoms with Crippen LogP contribution in [0.5, 0.6) is 0 Å². The summed E-state index contributed by atoms with van der Waals surface area (Å²) in [6, 6.07) is 12.6. The standard InChI is InChI=1S/C23H28N2O3S/c1-18-8-13-22-20(17-18)7-6-16-25(22)23(26)19-9-11-21(12-10-19)29(27,28)24-14-4-2-3-5-15-24/h8-13,17H,2-7,14-16H2,1H3. The largest absolute Gasteiger partial charge is 0.308 e. The van der Waals surface area contributed by atoms with Crippen LogP contribution in [0.2, 0.25) is 0 Å². The number of sulfonamides is 1. The molecule has 0 bridgehead atoms. The van der Waals surface area contributed by atoms with Crippen LogP contribution in [0.3, 0.4) is 0 Å². The second-order valence-corrected chi connectivity index (χ2v) is 9.97. The van der Waals surface area contributed by atoms with Gasteiger partial charge in [0.15, 0.2) is 0 Å². The van der Waals surface area contributed by atoms with Gasteiger partial charge >= 0.3 is 0 Å². The van der Waals surface area contributed by atoms with Crippen LogP contribution in [0.1, 0.15) is 53.6 Å². The average Bonchev–Trinajstić information content (AvgIpc) is 3.03. The van der Waals surface area contributed by atoms with Gasteiger partial charge in [-0.25, -0.2) is 8.42 Å². The fourth-order valence-electron chi connectivity index (χ4n) is 4.29. The highest BCUT2D eigenvalue weighted by atomic mass is 32.2. The lowest BCUT2D eigenvalue weighted by Crippen LogP contribution is -2.35. The van der Waals surface area contributed by atoms with Crippen molar-refractivity contribution in [3.05, 3.63) is 59.2 Å². The molecule has 0 N–H and O–H groups in total. The van der Waals surface area contributed by atoms with E-state index < -0.39 is 10.0 Å². The van der Waals surface area contributed by atoms with Crippen LogP contribution in [0.15, 0.2) is 47.4 Å². The lowest BCUT2D eigenvalue weighted by atomic mass is 9.99. The summed E-state index contributed by atoms with van der Waals surface area (Å²) >= 11 is 0. The zero-order chi connectivity index (χ0) is 20.4. The number of rotatable bonds is 3. The molecule has 154 valence electrons. The van der Waals surface area contributed by atoms with Crippen LogP contribution >= 0.6 is 0 Å². The molecule has 0 saturated carbocycles. The van der Waals surface area contributed by atoms with E-state index in [9.17, 15) is 13.2 Å². The Morgan fingerprint density at radius 3 is 2.24 bits per heavy atom. The molecule has 5 nitrogen and oxygen atoms in total. The summed E-state index contributed by atoms with van der Waals surface area (Å²) in [4.78, 5) is 15.2. The third-order valence-electron chi connectivity index (χ3n) is 5.90. The highest BCUT2D eigenvalue weighted by molar-refractivity contribution is 7.89. The van der Waals surface area contributed by atoms with Crippen molar-refractivity contribution in [2.24, 2.45) is 0 Å². The maximum absolute atomic E-state index is 13.1. The molecule has 1 fully saturated rings. The third kappa shape index (κ3) is 4.09. The van der Waals surface area contributed by atoms with Crippen molar-refractivity contribution >= 4 is 21.6 Å². The zero-order valence-corrected chi connectivity index (χ0v) is 17.7. The quantitative estimate of drug-likeness (QED) is 0.761. The van der Waals surface area contributed by atoms with Crippen molar-refractivity contribution in [2.45, 2.75) is 50.3 Å². The number of anilines is 1. The van der Waals surface area contributed by atoms with Crippen LogP contribution in [0, 0.1) is 6.92 Å². The molecule has 4 rings (SSSR count). The molecule has 2 aliphatic heterocycles. The van der Waals surface area contributed by atoms with Gasteiger partial charge in [-0.15, -0.1) is 0 Å². The van der Waals surface area contributed by atoms with E-state index in [1.165, 1.54) is 11.1 Å². The lowest BCUT2D eigenvalue weighted by molar-refractivity contribution is 0.0985. The molecule has 1 saturated heterocycles. The van der Waals surface area contributed by atoms with Crippen LogP contribution < -0.4 is 4.90 Å². The molecule has 2 heterocycles. The van der Waals surface area contributed by atoms with Crippen molar-refractivity contribution in [3.63, 3.8) is 0 Å². The molecule has 1 amide bonds. The number of hydrogen-bond acceptors (Lipinski definition) is 3. The first-order valence-electron chi connectivity index (χ1n) is 10.5. The SMILES string of the molecule is Cc1ccc2c(c1)CCCN2C(=O)c1ccc(S(=O)(=O)N2CCCCCC2)cc1. The Bertz CT molecular complexity index is 991. The first-order valence-corrected chi connectivity index (χ1v) is 11.9. The molecular weight excluding hydrogens is 384 g/mol. The number of nitrogens with zero attached hydrogens (tertiary/aromatic N) is 2. The zero-order valence-electron chi connectivity index (χ0n) is 16.9. The van der Waals surface area contributed by atoms with E-state index in [1.54, 1.807) is 28.6 Å². The monoisotopic (exact) mass is 412 g/mol. The van der Waals surface area contributed by atoms with Gasteiger partial charge in [0.25, 0.3) is 5.91 Å². The number of carbonyl (C=O) groups is 1. The minimum absolute atomic E-state index is 0.0754. The molecule has 2 aliphatic rings. The molecule has 2 aromatic carbocycles. The number of fused-ring (bicyclic) bond motifs is 1. The minimum Gasteiger partial charge on any atom is -0.308 e. The van der Waals surface area contributed by atoms with Crippen LogP contribution in [-0.4, -0.2) is 38.3 Å².